The molecular weight excluding hydrogens is 748 g/mol. The van der Waals surface area contributed by atoms with Crippen LogP contribution in [0.5, 0.6) is 11.5 Å². The third kappa shape index (κ3) is 8.33. The first-order chi connectivity index (χ1) is 20.5. The molecule has 0 radical (unpaired) electrons. The predicted octanol–water partition coefficient (Wildman–Crippen LogP) is 10.3. The molecule has 0 unspecified atom stereocenters. The van der Waals surface area contributed by atoms with Gasteiger partial charge in [-0.15, -0.1) is 35.1 Å². The molecule has 0 bridgehead atoms. The van der Waals surface area contributed by atoms with E-state index in [2.05, 4.69) is 41.8 Å². The van der Waals surface area contributed by atoms with E-state index in [-0.39, 0.29) is 24.6 Å². The van der Waals surface area contributed by atoms with Crippen LogP contribution in [0.1, 0.15) is 37.4 Å². The molecule has 5 rings (SSSR count). The zero-order valence-corrected chi connectivity index (χ0v) is 30.0. The molecule has 7 nitrogen and oxygen atoms in total. The van der Waals surface area contributed by atoms with Crippen LogP contribution < -0.4 is 20.9 Å². The van der Waals surface area contributed by atoms with E-state index in [0.717, 1.165) is 29.8 Å². The first kappa shape index (κ1) is 33.8. The van der Waals surface area contributed by atoms with E-state index in [0.29, 0.717) is 46.1 Å². The van der Waals surface area contributed by atoms with Gasteiger partial charge < -0.3 is 25.4 Å². The third-order valence-electron chi connectivity index (χ3n) is 5.93. The van der Waals surface area contributed by atoms with E-state index in [4.69, 9.17) is 25.4 Å². The maximum atomic E-state index is 6.40. The fraction of sp³-hybridized carbons (Fsp3) is 0.188. The summed E-state index contributed by atoms with van der Waals surface area (Å²) in [5.74, 6) is 3.49. The van der Waals surface area contributed by atoms with E-state index in [1.165, 1.54) is 22.7 Å². The van der Waals surface area contributed by atoms with Crippen LogP contribution in [0, 0.1) is 0 Å². The Kier molecular flexibility index (Phi) is 11.4. The van der Waals surface area contributed by atoms with Crippen LogP contribution in [0.3, 0.4) is 0 Å². The predicted molar refractivity (Wildman–Crippen MR) is 193 cm³/mol. The van der Waals surface area contributed by atoms with Gasteiger partial charge in [-0.1, -0.05) is 0 Å². The molecule has 0 saturated carbocycles. The molecule has 0 amide bonds. The number of benzene rings is 2. The number of ether oxygens (including phenoxy) is 2. The number of halogens is 3. The third-order valence-corrected chi connectivity index (χ3v) is 9.36. The molecule has 5 aromatic rings. The molecule has 4 N–H and O–H groups in total. The van der Waals surface area contributed by atoms with Crippen molar-refractivity contribution in [1.29, 1.82) is 0 Å². The van der Waals surface area contributed by atoms with Crippen molar-refractivity contribution in [2.24, 2.45) is 21.5 Å². The standard InChI is InChI=1S/C32H30Br2N4O3S2.ClH/c1-17(2)39-27-13-21(37-31(35)29-11-19(33)15-42-29)5-7-23(27)25-9-10-26(41-25)24-8-6-22(14-28(24)40-18(3)4)38-32(36)30-12-20(34)16-43-30;/h5-18H,1-4H3,(H2,35,37)(H2,36,38);1H. The van der Waals surface area contributed by atoms with Crippen molar-refractivity contribution < 1.29 is 13.9 Å². The Morgan fingerprint density at radius 1 is 0.682 bits per heavy atom. The van der Waals surface area contributed by atoms with Crippen molar-refractivity contribution in [3.8, 4) is 34.1 Å². The number of rotatable bonds is 10. The summed E-state index contributed by atoms with van der Waals surface area (Å²) in [7, 11) is 0. The van der Waals surface area contributed by atoms with E-state index in [1.807, 2.05) is 99.1 Å². The van der Waals surface area contributed by atoms with E-state index >= 15 is 0 Å². The monoisotopic (exact) mass is 776 g/mol. The summed E-state index contributed by atoms with van der Waals surface area (Å²) < 4.78 is 20.7. The van der Waals surface area contributed by atoms with Gasteiger partial charge in [-0.3, -0.25) is 0 Å². The summed E-state index contributed by atoms with van der Waals surface area (Å²) in [4.78, 5) is 11.0. The number of aliphatic imine (C=N–C) groups is 2. The molecule has 0 aliphatic carbocycles. The van der Waals surface area contributed by atoms with Crippen molar-refractivity contribution in [3.05, 3.63) is 90.1 Å². The average Bonchev–Trinajstić information content (AvgIpc) is 3.70. The lowest BCUT2D eigenvalue weighted by Crippen LogP contribution is -2.10. The zero-order chi connectivity index (χ0) is 30.7. The molecule has 3 heterocycles. The highest BCUT2D eigenvalue weighted by atomic mass is 79.9. The molecule has 0 saturated heterocycles. The maximum absolute atomic E-state index is 6.40. The summed E-state index contributed by atoms with van der Waals surface area (Å²) in [5, 5.41) is 3.95. The van der Waals surface area contributed by atoms with Crippen molar-refractivity contribution in [2.45, 2.75) is 39.9 Å². The molecule has 2 aromatic carbocycles. The van der Waals surface area contributed by atoms with Crippen molar-refractivity contribution in [2.75, 3.05) is 0 Å². The molecule has 12 heteroatoms. The minimum atomic E-state index is -0.0557. The van der Waals surface area contributed by atoms with Crippen LogP contribution in [0.2, 0.25) is 0 Å². The largest absolute Gasteiger partial charge is 0.490 e. The van der Waals surface area contributed by atoms with E-state index in [1.54, 1.807) is 0 Å². The molecule has 44 heavy (non-hydrogen) atoms. The highest BCUT2D eigenvalue weighted by molar-refractivity contribution is 9.10. The Labute approximate surface area is 287 Å². The minimum Gasteiger partial charge on any atom is -0.490 e. The number of nitrogens with zero attached hydrogens (tertiary/aromatic N) is 2. The normalized spacial score (nSPS) is 12.1. The smallest absolute Gasteiger partial charge is 0.141 e. The van der Waals surface area contributed by atoms with Gasteiger partial charge in [-0.05, 0) is 108 Å². The number of hydrogen-bond donors (Lipinski definition) is 2. The lowest BCUT2D eigenvalue weighted by molar-refractivity contribution is 0.243. The fourth-order valence-corrected chi connectivity index (χ4v) is 6.84. The zero-order valence-electron chi connectivity index (χ0n) is 24.3. The maximum Gasteiger partial charge on any atom is 0.141 e. The second-order valence-corrected chi connectivity index (χ2v) is 13.8. The van der Waals surface area contributed by atoms with Gasteiger partial charge in [-0.2, -0.15) is 0 Å². The Hall–Kier alpha value is -3.09. The highest BCUT2D eigenvalue weighted by Gasteiger charge is 2.18. The fourth-order valence-electron chi connectivity index (χ4n) is 4.18. The van der Waals surface area contributed by atoms with Crippen LogP contribution in [0.4, 0.5) is 11.4 Å². The van der Waals surface area contributed by atoms with Gasteiger partial charge in [0.2, 0.25) is 0 Å². The summed E-state index contributed by atoms with van der Waals surface area (Å²) in [6.45, 7) is 7.92. The second kappa shape index (κ2) is 14.8. The molecular formula is C32H31Br2ClN4O3S2. The lowest BCUT2D eigenvalue weighted by atomic mass is 10.1. The molecule has 0 spiro atoms. The SMILES string of the molecule is CC(C)Oc1cc(N=C(N)c2cc(Br)cs2)ccc1-c1ccc(-c2ccc(N=C(N)c3cc(Br)cs3)cc2OC(C)C)o1.Cl. The van der Waals surface area contributed by atoms with Crippen LogP contribution in [0.25, 0.3) is 22.6 Å². The van der Waals surface area contributed by atoms with Gasteiger partial charge in [0, 0.05) is 31.8 Å². The number of amidine groups is 2. The number of nitrogens with two attached hydrogens (primary N) is 2. The van der Waals surface area contributed by atoms with Gasteiger partial charge in [0.15, 0.2) is 0 Å². The second-order valence-electron chi connectivity index (χ2n) is 10.1. The number of furan rings is 1. The van der Waals surface area contributed by atoms with Gasteiger partial charge in [0.25, 0.3) is 0 Å². The van der Waals surface area contributed by atoms with Crippen LogP contribution in [0.15, 0.2) is 94.8 Å². The van der Waals surface area contributed by atoms with Crippen molar-refractivity contribution >= 4 is 90.0 Å². The Morgan fingerprint density at radius 2 is 1.09 bits per heavy atom. The molecule has 3 aromatic heterocycles. The van der Waals surface area contributed by atoms with Gasteiger partial charge in [0.1, 0.15) is 34.7 Å². The van der Waals surface area contributed by atoms with E-state index < -0.39 is 0 Å². The van der Waals surface area contributed by atoms with Gasteiger partial charge in [0.05, 0.1) is 44.5 Å². The highest BCUT2D eigenvalue weighted by Crippen LogP contribution is 2.40. The summed E-state index contributed by atoms with van der Waals surface area (Å²) in [6.07, 6.45) is -0.111. The molecule has 0 aliphatic heterocycles. The van der Waals surface area contributed by atoms with Gasteiger partial charge in [-0.25, -0.2) is 9.98 Å². The number of thiophene rings is 2. The van der Waals surface area contributed by atoms with Crippen molar-refractivity contribution in [3.63, 3.8) is 0 Å². The summed E-state index contributed by atoms with van der Waals surface area (Å²) in [6, 6.07) is 19.2. The quantitative estimate of drug-likeness (QED) is 0.108. The first-order valence-corrected chi connectivity index (χ1v) is 16.8. The summed E-state index contributed by atoms with van der Waals surface area (Å²) in [5.41, 5.74) is 15.5. The van der Waals surface area contributed by atoms with Crippen LogP contribution in [-0.2, 0) is 0 Å². The summed E-state index contributed by atoms with van der Waals surface area (Å²) >= 11 is 9.99. The van der Waals surface area contributed by atoms with Crippen molar-refractivity contribution in [1.82, 2.24) is 0 Å². The number of hydrogen-bond acceptors (Lipinski definition) is 7. The molecule has 230 valence electrons. The van der Waals surface area contributed by atoms with E-state index in [9.17, 15) is 0 Å². The average molecular weight is 779 g/mol. The Morgan fingerprint density at radius 3 is 1.43 bits per heavy atom. The van der Waals surface area contributed by atoms with Crippen LogP contribution in [-0.4, -0.2) is 23.9 Å². The van der Waals surface area contributed by atoms with Gasteiger partial charge >= 0.3 is 0 Å². The Bertz CT molecular complexity index is 1680. The molecule has 0 atom stereocenters. The molecule has 0 aliphatic rings. The molecule has 0 fully saturated rings. The topological polar surface area (TPSA) is 108 Å². The first-order valence-electron chi connectivity index (χ1n) is 13.4. The van der Waals surface area contributed by atoms with Crippen LogP contribution >= 0.6 is 66.9 Å². The Balaban J connectivity index is 0.00000442. The minimum absolute atomic E-state index is 0. The lowest BCUT2D eigenvalue weighted by Gasteiger charge is -2.15.